The van der Waals surface area contributed by atoms with Crippen molar-refractivity contribution in [2.45, 2.75) is 31.7 Å². The molecule has 1 fully saturated rings. The molecule has 0 radical (unpaired) electrons. The van der Waals surface area contributed by atoms with Gasteiger partial charge in [-0.3, -0.25) is 4.98 Å². The van der Waals surface area contributed by atoms with Gasteiger partial charge < -0.3 is 10.6 Å². The summed E-state index contributed by atoms with van der Waals surface area (Å²) in [5, 5.41) is 1.15. The maximum Gasteiger partial charge on any atom is 0.147 e. The van der Waals surface area contributed by atoms with Crippen LogP contribution in [0.2, 0.25) is 10.0 Å². The second kappa shape index (κ2) is 7.84. The van der Waals surface area contributed by atoms with Crippen molar-refractivity contribution in [2.24, 2.45) is 11.1 Å². The molecule has 1 aromatic heterocycles. The Bertz CT molecular complexity index is 1060. The first-order chi connectivity index (χ1) is 14.6. The molecule has 4 nitrogen and oxygen atoms in total. The molecular weight excluding hydrogens is 415 g/mol. The fraction of sp³-hybridized carbons (Fsp3) is 0.333. The highest BCUT2D eigenvalue weighted by Crippen LogP contribution is 2.50. The lowest BCUT2D eigenvalue weighted by molar-refractivity contribution is 0.187. The number of anilines is 1. The summed E-state index contributed by atoms with van der Waals surface area (Å²) >= 11 is 12.4. The van der Waals surface area contributed by atoms with Gasteiger partial charge in [-0.05, 0) is 47.4 Å². The lowest BCUT2D eigenvalue weighted by Gasteiger charge is -2.42. The Kier molecular flexibility index (Phi) is 5.18. The number of rotatable bonds is 3. The Hall–Kier alpha value is -2.14. The summed E-state index contributed by atoms with van der Waals surface area (Å²) in [5.41, 5.74) is 11.5. The monoisotopic (exact) mass is 438 g/mol. The molecule has 0 unspecified atom stereocenters. The van der Waals surface area contributed by atoms with Crippen molar-refractivity contribution in [1.29, 1.82) is 0 Å². The fourth-order valence-corrected chi connectivity index (χ4v) is 5.36. The van der Waals surface area contributed by atoms with Crippen LogP contribution >= 0.6 is 23.2 Å². The first kappa shape index (κ1) is 19.8. The van der Waals surface area contributed by atoms with E-state index in [0.717, 1.165) is 49.4 Å². The van der Waals surface area contributed by atoms with E-state index >= 15 is 0 Å². The zero-order valence-corrected chi connectivity index (χ0v) is 18.2. The first-order valence-corrected chi connectivity index (χ1v) is 11.1. The van der Waals surface area contributed by atoms with Gasteiger partial charge >= 0.3 is 0 Å². The summed E-state index contributed by atoms with van der Waals surface area (Å²) < 4.78 is 0. The van der Waals surface area contributed by atoms with Gasteiger partial charge in [-0.15, -0.1) is 0 Å². The van der Waals surface area contributed by atoms with Gasteiger partial charge in [0.1, 0.15) is 5.82 Å². The summed E-state index contributed by atoms with van der Waals surface area (Å²) in [5.74, 6) is 0.926. The van der Waals surface area contributed by atoms with Crippen LogP contribution < -0.4 is 10.6 Å². The zero-order chi connectivity index (χ0) is 20.7. The highest BCUT2D eigenvalue weighted by Gasteiger charge is 2.45. The summed E-state index contributed by atoms with van der Waals surface area (Å²) in [6.45, 7) is 1.91. The highest BCUT2D eigenvalue weighted by molar-refractivity contribution is 6.42. The molecule has 2 aromatic carbocycles. The Balaban J connectivity index is 1.26. The van der Waals surface area contributed by atoms with Crippen molar-refractivity contribution >= 4 is 29.0 Å². The van der Waals surface area contributed by atoms with E-state index in [4.69, 9.17) is 28.9 Å². The minimum absolute atomic E-state index is 0.131. The van der Waals surface area contributed by atoms with Crippen molar-refractivity contribution in [3.8, 4) is 0 Å². The summed E-state index contributed by atoms with van der Waals surface area (Å²) in [6, 6.07) is 14.4. The van der Waals surface area contributed by atoms with Crippen molar-refractivity contribution < 1.29 is 0 Å². The van der Waals surface area contributed by atoms with Crippen molar-refractivity contribution in [3.05, 3.63) is 87.3 Å². The quantitative estimate of drug-likeness (QED) is 0.608. The second-order valence-electron chi connectivity index (χ2n) is 8.46. The van der Waals surface area contributed by atoms with E-state index in [1.54, 1.807) is 6.07 Å². The van der Waals surface area contributed by atoms with Gasteiger partial charge in [0, 0.05) is 25.6 Å². The van der Waals surface area contributed by atoms with Crippen LogP contribution in [-0.2, 0) is 12.8 Å². The Morgan fingerprint density at radius 1 is 1.00 bits per heavy atom. The number of piperidine rings is 1. The molecule has 1 saturated heterocycles. The zero-order valence-electron chi connectivity index (χ0n) is 16.7. The van der Waals surface area contributed by atoms with Crippen molar-refractivity contribution in [1.82, 2.24) is 9.97 Å². The van der Waals surface area contributed by atoms with E-state index in [1.165, 1.54) is 11.1 Å². The summed E-state index contributed by atoms with van der Waals surface area (Å²) in [7, 11) is 0. The number of fused-ring (bicyclic) bond motifs is 1. The predicted molar refractivity (Wildman–Crippen MR) is 122 cm³/mol. The summed E-state index contributed by atoms with van der Waals surface area (Å²) in [4.78, 5) is 11.6. The van der Waals surface area contributed by atoms with Crippen LogP contribution in [0.15, 0.2) is 54.9 Å². The topological polar surface area (TPSA) is 55.0 Å². The van der Waals surface area contributed by atoms with Crippen LogP contribution in [0.5, 0.6) is 0 Å². The average Bonchev–Trinajstić information content (AvgIpc) is 3.04. The Morgan fingerprint density at radius 2 is 1.80 bits per heavy atom. The van der Waals surface area contributed by atoms with Gasteiger partial charge in [-0.2, -0.15) is 0 Å². The molecule has 6 heteroatoms. The molecule has 0 amide bonds. The number of halogens is 2. The molecule has 0 bridgehead atoms. The minimum Gasteiger partial charge on any atom is -0.355 e. The lowest BCUT2D eigenvalue weighted by Crippen LogP contribution is -2.44. The van der Waals surface area contributed by atoms with E-state index in [0.29, 0.717) is 16.5 Å². The molecule has 0 saturated carbocycles. The number of nitrogens with zero attached hydrogens (tertiary/aromatic N) is 3. The molecule has 1 aliphatic carbocycles. The SMILES string of the molecule is N[C@@H]1c2ccccc2CC12CCN(c1cnc(Cc3cccc(Cl)c3Cl)cn1)CC2. The van der Waals surface area contributed by atoms with Crippen LogP contribution in [0.1, 0.15) is 41.3 Å². The first-order valence-electron chi connectivity index (χ1n) is 10.4. The number of nitrogens with two attached hydrogens (primary N) is 1. The normalized spacial score (nSPS) is 19.8. The predicted octanol–water partition coefficient (Wildman–Crippen LogP) is 5.22. The average molecular weight is 439 g/mol. The van der Waals surface area contributed by atoms with Crippen molar-refractivity contribution in [3.63, 3.8) is 0 Å². The molecule has 1 atom stereocenters. The van der Waals surface area contributed by atoms with Gasteiger partial charge in [-0.25, -0.2) is 4.98 Å². The highest BCUT2D eigenvalue weighted by atomic mass is 35.5. The minimum atomic E-state index is 0.131. The number of hydrogen-bond donors (Lipinski definition) is 1. The van der Waals surface area contributed by atoms with Gasteiger partial charge in [0.2, 0.25) is 0 Å². The van der Waals surface area contributed by atoms with Gasteiger partial charge in [0.25, 0.3) is 0 Å². The smallest absolute Gasteiger partial charge is 0.147 e. The third-order valence-electron chi connectivity index (χ3n) is 6.77. The van der Waals surface area contributed by atoms with E-state index in [2.05, 4.69) is 39.1 Å². The second-order valence-corrected chi connectivity index (χ2v) is 9.24. The molecule has 1 aliphatic heterocycles. The number of benzene rings is 2. The van der Waals surface area contributed by atoms with Crippen LogP contribution in [-0.4, -0.2) is 23.1 Å². The number of aromatic nitrogens is 2. The van der Waals surface area contributed by atoms with E-state index in [1.807, 2.05) is 24.5 Å². The molecule has 3 aromatic rings. The maximum atomic E-state index is 6.69. The maximum absolute atomic E-state index is 6.69. The Morgan fingerprint density at radius 3 is 2.53 bits per heavy atom. The molecule has 2 N–H and O–H groups in total. The fourth-order valence-electron chi connectivity index (χ4n) is 4.97. The molecule has 30 heavy (non-hydrogen) atoms. The van der Waals surface area contributed by atoms with Crippen LogP contribution in [0.4, 0.5) is 5.82 Å². The van der Waals surface area contributed by atoms with E-state index in [9.17, 15) is 0 Å². The third kappa shape index (κ3) is 3.47. The molecule has 1 spiro atoms. The molecule has 5 rings (SSSR count). The van der Waals surface area contributed by atoms with E-state index in [-0.39, 0.29) is 11.5 Å². The third-order valence-corrected chi connectivity index (χ3v) is 7.63. The van der Waals surface area contributed by atoms with Crippen molar-refractivity contribution in [2.75, 3.05) is 18.0 Å². The lowest BCUT2D eigenvalue weighted by atomic mass is 9.73. The molecule has 2 heterocycles. The standard InChI is InChI=1S/C24H24Cl2N4/c25-20-7-3-5-16(22(20)26)12-18-14-29-21(15-28-18)30-10-8-24(9-11-30)13-17-4-1-2-6-19(17)23(24)27/h1-7,14-15,23H,8-13,27H2/t23-/m1/s1. The van der Waals surface area contributed by atoms with Gasteiger partial charge in [-0.1, -0.05) is 59.6 Å². The number of hydrogen-bond acceptors (Lipinski definition) is 4. The molecular formula is C24H24Cl2N4. The van der Waals surface area contributed by atoms with Gasteiger partial charge in [0.05, 0.1) is 28.1 Å². The largest absolute Gasteiger partial charge is 0.355 e. The molecule has 2 aliphatic rings. The van der Waals surface area contributed by atoms with Crippen LogP contribution in [0, 0.1) is 5.41 Å². The van der Waals surface area contributed by atoms with Crippen LogP contribution in [0.3, 0.4) is 0 Å². The van der Waals surface area contributed by atoms with Gasteiger partial charge in [0.15, 0.2) is 0 Å². The molecule has 154 valence electrons. The Labute approximate surface area is 187 Å². The van der Waals surface area contributed by atoms with Crippen LogP contribution in [0.25, 0.3) is 0 Å². The summed E-state index contributed by atoms with van der Waals surface area (Å²) in [6.07, 6.45) is 7.56. The van der Waals surface area contributed by atoms with E-state index < -0.39 is 0 Å².